The second-order valence-electron chi connectivity index (χ2n) is 7.80. The van der Waals surface area contributed by atoms with Crippen LogP contribution >= 0.6 is 0 Å². The topological polar surface area (TPSA) is 117 Å². The van der Waals surface area contributed by atoms with E-state index in [-0.39, 0.29) is 24.0 Å². The molecule has 148 valence electrons. The minimum absolute atomic E-state index is 0.0545. The van der Waals surface area contributed by atoms with Crippen LogP contribution in [0.5, 0.6) is 0 Å². The molecule has 8 nitrogen and oxygen atoms in total. The molecule has 2 bridgehead atoms. The first kappa shape index (κ1) is 17.7. The highest BCUT2D eigenvalue weighted by molar-refractivity contribution is 6.06. The van der Waals surface area contributed by atoms with Crippen LogP contribution in [0.25, 0.3) is 11.0 Å². The molecular weight excluding hydrogens is 368 g/mol. The molecule has 2 fully saturated rings. The number of nitrogens with two attached hydrogens (primary N) is 1. The molecule has 29 heavy (non-hydrogen) atoms. The van der Waals surface area contributed by atoms with Crippen LogP contribution in [-0.4, -0.2) is 49.8 Å². The fourth-order valence-corrected chi connectivity index (χ4v) is 4.82. The Hall–Kier alpha value is -3.42. The van der Waals surface area contributed by atoms with Gasteiger partial charge in [-0.05, 0) is 43.9 Å². The number of rotatable bonds is 4. The first-order chi connectivity index (χ1) is 14.1. The first-order valence-corrected chi connectivity index (χ1v) is 9.87. The van der Waals surface area contributed by atoms with Crippen LogP contribution in [0, 0.1) is 0 Å². The van der Waals surface area contributed by atoms with Crippen LogP contribution < -0.4 is 11.1 Å². The molecule has 0 spiro atoms. The number of nitrogens with zero attached hydrogens (tertiary/aromatic N) is 3. The summed E-state index contributed by atoms with van der Waals surface area (Å²) in [5, 5.41) is 4.40. The number of aromatic amines is 1. The van der Waals surface area contributed by atoms with E-state index in [4.69, 9.17) is 5.73 Å². The summed E-state index contributed by atoms with van der Waals surface area (Å²) < 4.78 is 0. The normalized spacial score (nSPS) is 23.3. The number of piperidine rings is 1. The lowest BCUT2D eigenvalue weighted by Gasteiger charge is -2.39. The monoisotopic (exact) mass is 390 g/mol. The lowest BCUT2D eigenvalue weighted by molar-refractivity contribution is 0.0582. The van der Waals surface area contributed by atoms with Crippen LogP contribution in [0.3, 0.4) is 0 Å². The van der Waals surface area contributed by atoms with Crippen LogP contribution in [0.1, 0.15) is 46.4 Å². The van der Waals surface area contributed by atoms with Crippen LogP contribution in [0.2, 0.25) is 0 Å². The van der Waals surface area contributed by atoms with Gasteiger partial charge in [-0.3, -0.25) is 14.6 Å². The zero-order valence-electron chi connectivity index (χ0n) is 15.8. The number of primary amides is 1. The van der Waals surface area contributed by atoms with Crippen molar-refractivity contribution < 1.29 is 9.59 Å². The molecular formula is C21H22N6O2. The van der Waals surface area contributed by atoms with E-state index in [1.807, 2.05) is 17.0 Å². The molecule has 0 aliphatic carbocycles. The number of aromatic nitrogens is 3. The van der Waals surface area contributed by atoms with E-state index < -0.39 is 5.91 Å². The lowest BCUT2D eigenvalue weighted by atomic mass is 9.95. The molecule has 4 N–H and O–H groups in total. The summed E-state index contributed by atoms with van der Waals surface area (Å²) in [6.45, 7) is 0. The van der Waals surface area contributed by atoms with Crippen molar-refractivity contribution in [3.05, 3.63) is 54.1 Å². The molecule has 0 saturated carbocycles. The van der Waals surface area contributed by atoms with Gasteiger partial charge in [-0.2, -0.15) is 0 Å². The maximum absolute atomic E-state index is 13.0. The van der Waals surface area contributed by atoms with Crippen molar-refractivity contribution in [2.45, 2.75) is 43.8 Å². The van der Waals surface area contributed by atoms with Crippen molar-refractivity contribution in [3.8, 4) is 0 Å². The van der Waals surface area contributed by atoms with Crippen LogP contribution in [-0.2, 0) is 0 Å². The fourth-order valence-electron chi connectivity index (χ4n) is 4.82. The second kappa shape index (κ2) is 6.88. The summed E-state index contributed by atoms with van der Waals surface area (Å²) in [5.41, 5.74) is 8.04. The van der Waals surface area contributed by atoms with Crippen molar-refractivity contribution in [2.24, 2.45) is 5.73 Å². The van der Waals surface area contributed by atoms with Crippen LogP contribution in [0.15, 0.2) is 43.0 Å². The number of nitrogens with one attached hydrogen (secondary N) is 2. The quantitative estimate of drug-likeness (QED) is 0.632. The van der Waals surface area contributed by atoms with Crippen molar-refractivity contribution >= 4 is 28.5 Å². The van der Waals surface area contributed by atoms with E-state index in [2.05, 4.69) is 20.3 Å². The Labute approximate surface area is 167 Å². The van der Waals surface area contributed by atoms with E-state index in [1.54, 1.807) is 24.7 Å². The fraction of sp³-hybridized carbons (Fsp3) is 0.333. The molecule has 0 radical (unpaired) electrons. The van der Waals surface area contributed by atoms with E-state index in [0.29, 0.717) is 16.8 Å². The minimum atomic E-state index is -0.504. The summed E-state index contributed by atoms with van der Waals surface area (Å²) in [6, 6.07) is 6.02. The van der Waals surface area contributed by atoms with Crippen molar-refractivity contribution in [1.29, 1.82) is 0 Å². The van der Waals surface area contributed by atoms with Crippen molar-refractivity contribution in [3.63, 3.8) is 0 Å². The maximum Gasteiger partial charge on any atom is 0.255 e. The molecule has 0 aromatic carbocycles. The van der Waals surface area contributed by atoms with E-state index in [9.17, 15) is 9.59 Å². The number of carbonyl (C=O) groups excluding carboxylic acids is 2. The molecule has 8 heteroatoms. The van der Waals surface area contributed by atoms with Gasteiger partial charge in [0, 0.05) is 48.3 Å². The predicted octanol–water partition coefficient (Wildman–Crippen LogP) is 2.30. The predicted molar refractivity (Wildman–Crippen MR) is 108 cm³/mol. The largest absolute Gasteiger partial charge is 0.381 e. The number of amides is 2. The zero-order valence-corrected chi connectivity index (χ0v) is 15.8. The number of hydrogen-bond acceptors (Lipinski definition) is 5. The Morgan fingerprint density at radius 3 is 2.66 bits per heavy atom. The average Bonchev–Trinajstić information content (AvgIpc) is 3.31. The van der Waals surface area contributed by atoms with E-state index in [1.165, 1.54) is 6.20 Å². The molecule has 5 heterocycles. The van der Waals surface area contributed by atoms with Gasteiger partial charge in [-0.1, -0.05) is 0 Å². The number of H-pyrrole nitrogens is 1. The van der Waals surface area contributed by atoms with Crippen molar-refractivity contribution in [1.82, 2.24) is 19.9 Å². The molecule has 3 aromatic rings. The second-order valence-corrected chi connectivity index (χ2v) is 7.80. The van der Waals surface area contributed by atoms with E-state index in [0.717, 1.165) is 36.8 Å². The number of hydrogen-bond donors (Lipinski definition) is 3. The van der Waals surface area contributed by atoms with Gasteiger partial charge in [-0.15, -0.1) is 0 Å². The smallest absolute Gasteiger partial charge is 0.255 e. The Morgan fingerprint density at radius 2 is 1.97 bits per heavy atom. The van der Waals surface area contributed by atoms with Gasteiger partial charge in [0.1, 0.15) is 5.65 Å². The molecule has 2 saturated heterocycles. The van der Waals surface area contributed by atoms with Crippen LogP contribution in [0.4, 0.5) is 5.69 Å². The molecule has 3 aromatic heterocycles. The number of pyridine rings is 2. The summed E-state index contributed by atoms with van der Waals surface area (Å²) in [4.78, 5) is 38.4. The Kier molecular flexibility index (Phi) is 4.19. The van der Waals surface area contributed by atoms with Gasteiger partial charge in [0.15, 0.2) is 0 Å². The summed E-state index contributed by atoms with van der Waals surface area (Å²) in [7, 11) is 0. The number of carbonyl (C=O) groups is 2. The molecule has 0 unspecified atom stereocenters. The molecule has 2 aliphatic heterocycles. The summed E-state index contributed by atoms with van der Waals surface area (Å²) >= 11 is 0. The van der Waals surface area contributed by atoms with E-state index >= 15 is 0 Å². The highest BCUT2D eigenvalue weighted by Crippen LogP contribution is 2.38. The standard InChI is InChI=1S/C21H22N6O2/c22-19(28)17-11-25-20-16(5-7-24-20)18(17)26-13-8-14-3-4-15(9-13)27(14)21(29)12-2-1-6-23-10-12/h1-2,5-7,10-11,13-15H,3-4,8-9H2,(H2,22,28)(H2,24,25,26)/t13-,14-,15+. The Balaban J connectivity index is 1.39. The molecule has 5 rings (SSSR count). The molecule has 2 aliphatic rings. The Bertz CT molecular complexity index is 1070. The minimum Gasteiger partial charge on any atom is -0.381 e. The Morgan fingerprint density at radius 1 is 1.17 bits per heavy atom. The highest BCUT2D eigenvalue weighted by Gasteiger charge is 2.43. The maximum atomic E-state index is 13.0. The third kappa shape index (κ3) is 3.00. The molecule has 3 atom stereocenters. The lowest BCUT2D eigenvalue weighted by Crippen LogP contribution is -2.49. The number of anilines is 1. The third-order valence-corrected chi connectivity index (χ3v) is 6.08. The van der Waals surface area contributed by atoms with Gasteiger partial charge in [0.2, 0.25) is 0 Å². The third-order valence-electron chi connectivity index (χ3n) is 6.08. The summed E-state index contributed by atoms with van der Waals surface area (Å²) in [5.74, 6) is -0.450. The van der Waals surface area contributed by atoms with Gasteiger partial charge < -0.3 is 20.9 Å². The number of fused-ring (bicyclic) bond motifs is 3. The summed E-state index contributed by atoms with van der Waals surface area (Å²) in [6.07, 6.45) is 10.3. The van der Waals surface area contributed by atoms with Gasteiger partial charge in [-0.25, -0.2) is 4.98 Å². The average molecular weight is 390 g/mol. The van der Waals surface area contributed by atoms with Crippen molar-refractivity contribution in [2.75, 3.05) is 5.32 Å². The van der Waals surface area contributed by atoms with Gasteiger partial charge >= 0.3 is 0 Å². The zero-order chi connectivity index (χ0) is 20.0. The van der Waals surface area contributed by atoms with Gasteiger partial charge in [0.25, 0.3) is 11.8 Å². The van der Waals surface area contributed by atoms with Gasteiger partial charge in [0.05, 0.1) is 16.8 Å². The first-order valence-electron chi connectivity index (χ1n) is 9.87. The highest BCUT2D eigenvalue weighted by atomic mass is 16.2. The SMILES string of the molecule is NC(=O)c1cnc2[nH]ccc2c1N[C@@H]1C[C@H]2CC[C@@H](C1)N2C(=O)c1cccnc1. The molecule has 2 amide bonds.